The van der Waals surface area contributed by atoms with Crippen LogP contribution in [0.4, 0.5) is 4.39 Å². The van der Waals surface area contributed by atoms with Gasteiger partial charge in [0, 0.05) is 6.04 Å². The molecule has 0 N–H and O–H groups in total. The average molecular weight is 241 g/mol. The molecule has 17 heavy (non-hydrogen) atoms. The van der Waals surface area contributed by atoms with E-state index in [0.717, 1.165) is 11.6 Å². The smallest absolute Gasteiger partial charge is 0.118 e. The summed E-state index contributed by atoms with van der Waals surface area (Å²) in [5.74, 6) is -0.224. The lowest BCUT2D eigenvalue weighted by Gasteiger charge is -2.20. The molecule has 0 spiro atoms. The molecule has 0 unspecified atom stereocenters. The van der Waals surface area contributed by atoms with E-state index >= 15 is 0 Å². The maximum absolute atomic E-state index is 12.2. The summed E-state index contributed by atoms with van der Waals surface area (Å²) < 4.78 is 12.2. The highest BCUT2D eigenvalue weighted by atomic mass is 19.1. The monoisotopic (exact) mass is 241 g/mol. The molecule has 0 heterocycles. The van der Waals surface area contributed by atoms with Crippen molar-refractivity contribution < 1.29 is 4.39 Å². The third kappa shape index (κ3) is 13.0. The molecule has 0 bridgehead atoms. The van der Waals surface area contributed by atoms with Crippen molar-refractivity contribution in [1.29, 1.82) is 0 Å². The van der Waals surface area contributed by atoms with Gasteiger partial charge in [-0.05, 0) is 46.9 Å². The van der Waals surface area contributed by atoms with Crippen molar-refractivity contribution in [2.45, 2.75) is 46.6 Å². The maximum Gasteiger partial charge on any atom is 0.118 e. The molecule has 2 heteroatoms. The Bertz CT molecular complexity index is 248. The van der Waals surface area contributed by atoms with Crippen molar-refractivity contribution in [2.75, 3.05) is 14.1 Å². The predicted molar refractivity (Wildman–Crippen MR) is 76.9 cm³/mol. The Morgan fingerprint density at radius 2 is 1.71 bits per heavy atom. The minimum atomic E-state index is -0.224. The highest BCUT2D eigenvalue weighted by Gasteiger charge is 2.02. The van der Waals surface area contributed by atoms with Crippen LogP contribution in [0.5, 0.6) is 0 Å². The van der Waals surface area contributed by atoms with Crippen molar-refractivity contribution >= 4 is 0 Å². The second kappa shape index (κ2) is 11.6. The van der Waals surface area contributed by atoms with E-state index < -0.39 is 0 Å². The number of allylic oxidation sites excluding steroid dienone is 5. The normalized spacial score (nSPS) is 11.9. The van der Waals surface area contributed by atoms with Gasteiger partial charge in [-0.15, -0.1) is 0 Å². The highest BCUT2D eigenvalue weighted by molar-refractivity contribution is 5.20. The summed E-state index contributed by atoms with van der Waals surface area (Å²) in [4.78, 5) is 2.28. The van der Waals surface area contributed by atoms with E-state index in [2.05, 4.69) is 39.4 Å². The lowest BCUT2D eigenvalue weighted by Crippen LogP contribution is -2.25. The first kappa shape index (κ1) is 18.5. The lowest BCUT2D eigenvalue weighted by molar-refractivity contribution is 0.279. The molecule has 0 rings (SSSR count). The Balaban J connectivity index is 0. The lowest BCUT2D eigenvalue weighted by atomic mass is 10.1. The molecular formula is C15H28FN. The molecule has 1 nitrogen and oxygen atoms in total. The van der Waals surface area contributed by atoms with Crippen molar-refractivity contribution in [3.63, 3.8) is 0 Å². The van der Waals surface area contributed by atoms with E-state index in [4.69, 9.17) is 0 Å². The molecule has 0 saturated carbocycles. The zero-order chi connectivity index (χ0) is 13.8. The predicted octanol–water partition coefficient (Wildman–Crippen LogP) is 4.73. The number of halogens is 1. The summed E-state index contributed by atoms with van der Waals surface area (Å²) in [6.07, 6.45) is 6.96. The van der Waals surface area contributed by atoms with Crippen LogP contribution in [0.25, 0.3) is 0 Å². The first-order valence-electron chi connectivity index (χ1n) is 6.20. The van der Waals surface area contributed by atoms with Crippen LogP contribution in [0.2, 0.25) is 0 Å². The zero-order valence-corrected chi connectivity index (χ0v) is 12.3. The molecule has 0 aliphatic heterocycles. The number of rotatable bonds is 5. The van der Waals surface area contributed by atoms with Gasteiger partial charge in [0.15, 0.2) is 0 Å². The molecular weight excluding hydrogens is 213 g/mol. The van der Waals surface area contributed by atoms with Gasteiger partial charge in [-0.2, -0.15) is 0 Å². The van der Waals surface area contributed by atoms with Crippen molar-refractivity contribution in [1.82, 2.24) is 4.90 Å². The summed E-state index contributed by atoms with van der Waals surface area (Å²) in [5, 5.41) is 0. The van der Waals surface area contributed by atoms with Gasteiger partial charge < -0.3 is 4.90 Å². The molecule has 0 aliphatic carbocycles. The summed E-state index contributed by atoms with van der Waals surface area (Å²) in [6, 6.07) is 0.787. The van der Waals surface area contributed by atoms with Crippen LogP contribution in [0.3, 0.4) is 0 Å². The second-order valence-electron chi connectivity index (χ2n) is 4.29. The molecule has 0 aromatic rings. The molecule has 0 atom stereocenters. The molecule has 0 fully saturated rings. The fourth-order valence-corrected chi connectivity index (χ4v) is 1.34. The van der Waals surface area contributed by atoms with Crippen LogP contribution in [-0.2, 0) is 0 Å². The van der Waals surface area contributed by atoms with E-state index in [1.165, 1.54) is 25.0 Å². The van der Waals surface area contributed by atoms with Crippen molar-refractivity contribution in [2.24, 2.45) is 0 Å². The van der Waals surface area contributed by atoms with Gasteiger partial charge in [0.25, 0.3) is 0 Å². The summed E-state index contributed by atoms with van der Waals surface area (Å²) in [6.45, 7) is 11.5. The van der Waals surface area contributed by atoms with Gasteiger partial charge >= 0.3 is 0 Å². The third-order valence-electron chi connectivity index (χ3n) is 2.48. The van der Waals surface area contributed by atoms with E-state index in [-0.39, 0.29) is 5.83 Å². The first-order valence-corrected chi connectivity index (χ1v) is 6.20. The van der Waals surface area contributed by atoms with Gasteiger partial charge in [0.2, 0.25) is 0 Å². The second-order valence-corrected chi connectivity index (χ2v) is 4.29. The molecule has 0 saturated heterocycles. The summed E-state index contributed by atoms with van der Waals surface area (Å²) in [5.41, 5.74) is 0.854. The van der Waals surface area contributed by atoms with Crippen LogP contribution < -0.4 is 0 Å². The van der Waals surface area contributed by atoms with Crippen LogP contribution in [0.1, 0.15) is 40.5 Å². The van der Waals surface area contributed by atoms with Crippen LogP contribution >= 0.6 is 0 Å². The van der Waals surface area contributed by atoms with Gasteiger partial charge in [-0.25, -0.2) is 4.39 Å². The van der Waals surface area contributed by atoms with Gasteiger partial charge in [-0.1, -0.05) is 38.2 Å². The topological polar surface area (TPSA) is 3.24 Å². The Hall–Kier alpha value is -0.890. The first-order chi connectivity index (χ1) is 7.88. The number of hydrogen-bond acceptors (Lipinski definition) is 1. The molecule has 0 aliphatic rings. The highest BCUT2D eigenvalue weighted by Crippen LogP contribution is 2.01. The molecule has 0 aromatic carbocycles. The molecule has 0 radical (unpaired) electrons. The Labute approximate surface area is 107 Å². The average Bonchev–Trinajstić information content (AvgIpc) is 2.27. The largest absolute Gasteiger partial charge is 0.306 e. The van der Waals surface area contributed by atoms with Gasteiger partial charge in [0.05, 0.1) is 0 Å². The standard InChI is InChI=1S/C8H11F.C7H17N/c1-4-8(9)6-5-7(2)3;1-5-7(6-2)8(3)4/h4-6H,2H2,1,3H3;7H,5-6H2,1-4H3/b6-5-,8-4+;. The fraction of sp³-hybridized carbons (Fsp3) is 0.600. The summed E-state index contributed by atoms with van der Waals surface area (Å²) >= 11 is 0. The Morgan fingerprint density at radius 1 is 1.24 bits per heavy atom. The number of hydrogen-bond donors (Lipinski definition) is 0. The molecule has 0 amide bonds. The zero-order valence-electron chi connectivity index (χ0n) is 12.3. The molecule has 0 aromatic heterocycles. The van der Waals surface area contributed by atoms with Crippen LogP contribution in [0, 0.1) is 0 Å². The number of nitrogens with zero attached hydrogens (tertiary/aromatic N) is 1. The quantitative estimate of drug-likeness (QED) is 0.629. The molecule has 100 valence electrons. The van der Waals surface area contributed by atoms with Crippen molar-refractivity contribution in [3.05, 3.63) is 36.2 Å². The van der Waals surface area contributed by atoms with E-state index in [1.807, 2.05) is 6.92 Å². The van der Waals surface area contributed by atoms with E-state index in [0.29, 0.717) is 0 Å². The van der Waals surface area contributed by atoms with Crippen LogP contribution in [0.15, 0.2) is 36.2 Å². The minimum absolute atomic E-state index is 0.224. The van der Waals surface area contributed by atoms with Gasteiger partial charge in [-0.3, -0.25) is 0 Å². The fourth-order valence-electron chi connectivity index (χ4n) is 1.34. The minimum Gasteiger partial charge on any atom is -0.306 e. The van der Waals surface area contributed by atoms with E-state index in [9.17, 15) is 4.39 Å². The maximum atomic E-state index is 12.2. The SMILES string of the molecule is C=C(C)/C=C\C(F)=C/C.CCC(CC)N(C)C. The van der Waals surface area contributed by atoms with Crippen LogP contribution in [-0.4, -0.2) is 25.0 Å². The third-order valence-corrected chi connectivity index (χ3v) is 2.48. The van der Waals surface area contributed by atoms with Gasteiger partial charge in [0.1, 0.15) is 5.83 Å². The Morgan fingerprint density at radius 3 is 1.88 bits per heavy atom. The van der Waals surface area contributed by atoms with Crippen molar-refractivity contribution in [3.8, 4) is 0 Å². The summed E-state index contributed by atoms with van der Waals surface area (Å²) in [7, 11) is 4.27. The Kier molecular flexibility index (Phi) is 12.6. The van der Waals surface area contributed by atoms with E-state index in [1.54, 1.807) is 13.0 Å².